The zero-order valence-corrected chi connectivity index (χ0v) is 13.4. The van der Waals surface area contributed by atoms with E-state index in [-0.39, 0.29) is 12.0 Å². The van der Waals surface area contributed by atoms with E-state index < -0.39 is 0 Å². The first-order valence-corrected chi connectivity index (χ1v) is 8.19. The smallest absolute Gasteiger partial charge is 0.339 e. The maximum Gasteiger partial charge on any atom is 0.339 e. The van der Waals surface area contributed by atoms with E-state index in [0.717, 1.165) is 30.6 Å². The highest BCUT2D eigenvalue weighted by Gasteiger charge is 2.38. The second kappa shape index (κ2) is 4.84. The highest BCUT2D eigenvalue weighted by molar-refractivity contribution is 5.93. The lowest BCUT2D eigenvalue weighted by Gasteiger charge is -2.32. The van der Waals surface area contributed by atoms with Gasteiger partial charge in [-0.2, -0.15) is 0 Å². The van der Waals surface area contributed by atoms with Crippen molar-refractivity contribution >= 4 is 22.6 Å². The minimum atomic E-state index is -0.309. The molecule has 1 atom stereocenters. The molecule has 0 fully saturated rings. The zero-order chi connectivity index (χ0) is 16.3. The van der Waals surface area contributed by atoms with E-state index in [0.29, 0.717) is 5.56 Å². The quantitative estimate of drug-likeness (QED) is 0.701. The fraction of sp³-hybridized carbons (Fsp3) is 0.263. The van der Waals surface area contributed by atoms with Gasteiger partial charge in [-0.05, 0) is 23.6 Å². The van der Waals surface area contributed by atoms with Crippen molar-refractivity contribution < 1.29 is 9.53 Å². The Labute approximate surface area is 139 Å². The first-order chi connectivity index (χ1) is 11.8. The zero-order valence-electron chi connectivity index (χ0n) is 13.4. The molecule has 2 aliphatic rings. The number of para-hydroxylation sites is 1. The molecule has 1 N–H and O–H groups in total. The molecule has 0 aliphatic carbocycles. The molecule has 0 saturated carbocycles. The number of ether oxygens (including phenoxy) is 1. The van der Waals surface area contributed by atoms with Gasteiger partial charge in [0.25, 0.3) is 0 Å². The monoisotopic (exact) mass is 319 g/mol. The topological polar surface area (TPSA) is 58.2 Å². The molecular formula is C19H17N3O2. The summed E-state index contributed by atoms with van der Waals surface area (Å²) < 4.78 is 4.93. The summed E-state index contributed by atoms with van der Waals surface area (Å²) in [5.41, 5.74) is 6.57. The first kappa shape index (κ1) is 13.6. The number of hydrogen-bond donors (Lipinski definition) is 1. The standard InChI is InChI=1S/C19H17N3O2/c1-24-19(23)14-9-20-10-17-13(14)8-16-18-12(6-7-22(16)17)11-4-2-3-5-15(11)21-18/h2-5,9-10,16,21H,6-8H2,1H3. The number of H-pyrrole nitrogens is 1. The molecule has 5 heteroatoms. The number of aromatic amines is 1. The number of pyridine rings is 1. The van der Waals surface area contributed by atoms with Crippen LogP contribution in [-0.2, 0) is 17.6 Å². The van der Waals surface area contributed by atoms with Crippen LogP contribution in [0.25, 0.3) is 10.9 Å². The molecule has 5 nitrogen and oxygen atoms in total. The molecule has 120 valence electrons. The van der Waals surface area contributed by atoms with Crippen molar-refractivity contribution in [3.05, 3.63) is 59.0 Å². The molecule has 2 aromatic heterocycles. The highest BCUT2D eigenvalue weighted by atomic mass is 16.5. The SMILES string of the molecule is COC(=O)c1cncc2c1CC1c3[nH]c4ccccc4c3CCN21. The Hall–Kier alpha value is -2.82. The van der Waals surface area contributed by atoms with Crippen LogP contribution in [0.4, 0.5) is 5.69 Å². The van der Waals surface area contributed by atoms with Gasteiger partial charge in [-0.25, -0.2) is 4.79 Å². The van der Waals surface area contributed by atoms with Crippen LogP contribution in [0.3, 0.4) is 0 Å². The molecule has 0 amide bonds. The number of esters is 1. The van der Waals surface area contributed by atoms with Crippen molar-refractivity contribution in [2.45, 2.75) is 18.9 Å². The van der Waals surface area contributed by atoms with E-state index >= 15 is 0 Å². The van der Waals surface area contributed by atoms with E-state index in [1.54, 1.807) is 6.20 Å². The summed E-state index contributed by atoms with van der Waals surface area (Å²) >= 11 is 0. The molecule has 1 aromatic carbocycles. The van der Waals surface area contributed by atoms with E-state index in [1.807, 2.05) is 6.20 Å². The van der Waals surface area contributed by atoms with Crippen LogP contribution in [-0.4, -0.2) is 29.6 Å². The van der Waals surface area contributed by atoms with Crippen molar-refractivity contribution in [2.75, 3.05) is 18.6 Å². The third kappa shape index (κ3) is 1.69. The van der Waals surface area contributed by atoms with Crippen LogP contribution >= 0.6 is 0 Å². The second-order valence-corrected chi connectivity index (χ2v) is 6.40. The minimum Gasteiger partial charge on any atom is -0.465 e. The second-order valence-electron chi connectivity index (χ2n) is 6.40. The van der Waals surface area contributed by atoms with Crippen LogP contribution in [0.2, 0.25) is 0 Å². The maximum absolute atomic E-state index is 12.1. The van der Waals surface area contributed by atoms with E-state index in [1.165, 1.54) is 29.3 Å². The molecular weight excluding hydrogens is 302 g/mol. The highest BCUT2D eigenvalue weighted by Crippen LogP contribution is 2.45. The number of hydrogen-bond acceptors (Lipinski definition) is 4. The summed E-state index contributed by atoms with van der Waals surface area (Å²) in [4.78, 5) is 22.3. The molecule has 0 radical (unpaired) electrons. The van der Waals surface area contributed by atoms with Gasteiger partial charge in [-0.15, -0.1) is 0 Å². The van der Waals surface area contributed by atoms with Gasteiger partial charge in [0.05, 0.1) is 30.6 Å². The number of nitrogens with zero attached hydrogens (tertiary/aromatic N) is 2. The van der Waals surface area contributed by atoms with Gasteiger partial charge < -0.3 is 14.6 Å². The van der Waals surface area contributed by atoms with Crippen LogP contribution in [0.15, 0.2) is 36.7 Å². The van der Waals surface area contributed by atoms with Gasteiger partial charge in [0.1, 0.15) is 0 Å². The molecule has 2 aliphatic heterocycles. The van der Waals surface area contributed by atoms with Gasteiger partial charge in [-0.1, -0.05) is 18.2 Å². The Bertz CT molecular complexity index is 976. The van der Waals surface area contributed by atoms with E-state index in [9.17, 15) is 4.79 Å². The summed E-state index contributed by atoms with van der Waals surface area (Å²) in [6.07, 6.45) is 5.30. The molecule has 1 unspecified atom stereocenters. The maximum atomic E-state index is 12.1. The fourth-order valence-electron chi connectivity index (χ4n) is 4.24. The van der Waals surface area contributed by atoms with Crippen molar-refractivity contribution in [3.63, 3.8) is 0 Å². The van der Waals surface area contributed by atoms with Crippen molar-refractivity contribution in [1.82, 2.24) is 9.97 Å². The Morgan fingerprint density at radius 1 is 1.29 bits per heavy atom. The van der Waals surface area contributed by atoms with Crippen LogP contribution < -0.4 is 4.90 Å². The van der Waals surface area contributed by atoms with Crippen molar-refractivity contribution in [1.29, 1.82) is 0 Å². The number of fused-ring (bicyclic) bond motifs is 7. The van der Waals surface area contributed by atoms with E-state index in [2.05, 4.69) is 39.1 Å². The average molecular weight is 319 g/mol. The number of carbonyl (C=O) groups is 1. The predicted molar refractivity (Wildman–Crippen MR) is 91.4 cm³/mol. The lowest BCUT2D eigenvalue weighted by atomic mass is 9.96. The number of anilines is 1. The first-order valence-electron chi connectivity index (χ1n) is 8.19. The molecule has 4 heterocycles. The summed E-state index contributed by atoms with van der Waals surface area (Å²) in [6, 6.07) is 8.70. The lowest BCUT2D eigenvalue weighted by molar-refractivity contribution is 0.0599. The number of carbonyl (C=O) groups excluding carboxylic acids is 1. The lowest BCUT2D eigenvalue weighted by Crippen LogP contribution is -2.32. The number of nitrogens with one attached hydrogen (secondary N) is 1. The average Bonchev–Trinajstić information content (AvgIpc) is 3.19. The Balaban J connectivity index is 1.66. The summed E-state index contributed by atoms with van der Waals surface area (Å²) in [5, 5.41) is 1.31. The molecule has 3 aromatic rings. The molecule has 0 saturated heterocycles. The van der Waals surface area contributed by atoms with Gasteiger partial charge in [-0.3, -0.25) is 4.98 Å². The number of methoxy groups -OCH3 is 1. The van der Waals surface area contributed by atoms with Crippen molar-refractivity contribution in [3.8, 4) is 0 Å². The van der Waals surface area contributed by atoms with Crippen LogP contribution in [0, 0.1) is 0 Å². The molecule has 0 bridgehead atoms. The Morgan fingerprint density at radius 3 is 3.04 bits per heavy atom. The summed E-state index contributed by atoms with van der Waals surface area (Å²) in [5.74, 6) is -0.309. The molecule has 5 rings (SSSR count). The fourth-order valence-corrected chi connectivity index (χ4v) is 4.24. The Kier molecular flexibility index (Phi) is 2.74. The minimum absolute atomic E-state index is 0.240. The number of aromatic nitrogens is 2. The number of benzene rings is 1. The third-order valence-electron chi connectivity index (χ3n) is 5.31. The predicted octanol–water partition coefficient (Wildman–Crippen LogP) is 3.01. The number of rotatable bonds is 1. The Morgan fingerprint density at radius 2 is 2.17 bits per heavy atom. The van der Waals surface area contributed by atoms with Gasteiger partial charge in [0.15, 0.2) is 0 Å². The summed E-state index contributed by atoms with van der Waals surface area (Å²) in [6.45, 7) is 0.943. The summed E-state index contributed by atoms with van der Waals surface area (Å²) in [7, 11) is 1.42. The largest absolute Gasteiger partial charge is 0.465 e. The van der Waals surface area contributed by atoms with Gasteiger partial charge in [0.2, 0.25) is 0 Å². The van der Waals surface area contributed by atoms with Gasteiger partial charge in [0, 0.05) is 35.8 Å². The molecule has 24 heavy (non-hydrogen) atoms. The van der Waals surface area contributed by atoms with Crippen LogP contribution in [0.5, 0.6) is 0 Å². The van der Waals surface area contributed by atoms with Crippen LogP contribution in [0.1, 0.15) is 33.2 Å². The van der Waals surface area contributed by atoms with Gasteiger partial charge >= 0.3 is 5.97 Å². The molecule has 0 spiro atoms. The van der Waals surface area contributed by atoms with E-state index in [4.69, 9.17) is 4.74 Å². The van der Waals surface area contributed by atoms with Crippen molar-refractivity contribution in [2.24, 2.45) is 0 Å². The third-order valence-corrected chi connectivity index (χ3v) is 5.31. The normalized spacial score (nSPS) is 18.2.